The Morgan fingerprint density at radius 2 is 2.04 bits per heavy atom. The monoisotopic (exact) mass is 346 g/mol. The molecular weight excluding hydrogens is 328 g/mol. The van der Waals surface area contributed by atoms with Crippen molar-refractivity contribution in [3.63, 3.8) is 0 Å². The number of nitrogens with one attached hydrogen (secondary N) is 1. The largest absolute Gasteiger partial charge is 0.497 e. The number of carbonyl (C=O) groups is 2. The highest BCUT2D eigenvalue weighted by molar-refractivity contribution is 7.14. The molecule has 1 saturated carbocycles. The Hall–Kier alpha value is -2.41. The van der Waals surface area contributed by atoms with Gasteiger partial charge in [-0.15, -0.1) is 11.3 Å². The highest BCUT2D eigenvalue weighted by Gasteiger charge is 2.40. The van der Waals surface area contributed by atoms with Gasteiger partial charge in [0, 0.05) is 10.9 Å². The van der Waals surface area contributed by atoms with Crippen molar-refractivity contribution >= 4 is 28.3 Å². The molecule has 0 bridgehead atoms. The van der Waals surface area contributed by atoms with E-state index in [1.54, 1.807) is 7.11 Å². The number of benzene rings is 1. The summed E-state index contributed by atoms with van der Waals surface area (Å²) in [6.07, 6.45) is 0.845. The molecule has 1 heterocycles. The Morgan fingerprint density at radius 1 is 1.33 bits per heavy atom. The summed E-state index contributed by atoms with van der Waals surface area (Å²) in [6, 6.07) is 7.51. The first kappa shape index (κ1) is 16.4. The van der Waals surface area contributed by atoms with Crippen LogP contribution in [0.5, 0.6) is 5.75 Å². The van der Waals surface area contributed by atoms with Crippen LogP contribution in [-0.2, 0) is 14.3 Å². The standard InChI is InChI=1S/C17H18N2O4S/c1-10-7-13(10)16(21)23-8-15(20)19-17-18-14(9-24-17)11-3-5-12(22-2)6-4-11/h3-6,9-10,13H,7-8H2,1-2H3,(H,18,19,20)/t10-,13+/m0/s1. The van der Waals surface area contributed by atoms with Gasteiger partial charge in [0.25, 0.3) is 5.91 Å². The second kappa shape index (κ2) is 7.00. The van der Waals surface area contributed by atoms with Crippen molar-refractivity contribution in [3.8, 4) is 17.0 Å². The lowest BCUT2D eigenvalue weighted by Crippen LogP contribution is -2.21. The maximum atomic E-state index is 11.8. The average molecular weight is 346 g/mol. The normalized spacial score (nSPS) is 18.8. The molecule has 6 nitrogen and oxygen atoms in total. The summed E-state index contributed by atoms with van der Waals surface area (Å²) in [6.45, 7) is 1.71. The number of anilines is 1. The van der Waals surface area contributed by atoms with Gasteiger partial charge >= 0.3 is 5.97 Å². The van der Waals surface area contributed by atoms with Gasteiger partial charge in [-0.3, -0.25) is 14.9 Å². The third-order valence-electron chi connectivity index (χ3n) is 3.89. The molecule has 3 rings (SSSR count). The van der Waals surface area contributed by atoms with Crippen LogP contribution in [0.2, 0.25) is 0 Å². The van der Waals surface area contributed by atoms with E-state index >= 15 is 0 Å². The van der Waals surface area contributed by atoms with Gasteiger partial charge in [-0.2, -0.15) is 0 Å². The van der Waals surface area contributed by atoms with E-state index in [0.29, 0.717) is 11.0 Å². The molecule has 2 atom stereocenters. The lowest BCUT2D eigenvalue weighted by molar-refractivity contribution is -0.148. The fourth-order valence-corrected chi connectivity index (χ4v) is 3.01. The van der Waals surface area contributed by atoms with Crippen molar-refractivity contribution in [2.75, 3.05) is 19.0 Å². The number of thiazole rings is 1. The predicted octanol–water partition coefficient (Wildman–Crippen LogP) is 2.96. The van der Waals surface area contributed by atoms with E-state index in [-0.39, 0.29) is 24.4 Å². The molecule has 0 saturated heterocycles. The summed E-state index contributed by atoms with van der Waals surface area (Å²) in [5.74, 6) is 0.420. The predicted molar refractivity (Wildman–Crippen MR) is 91.0 cm³/mol. The van der Waals surface area contributed by atoms with E-state index < -0.39 is 0 Å². The van der Waals surface area contributed by atoms with Crippen molar-refractivity contribution in [3.05, 3.63) is 29.6 Å². The fraction of sp³-hybridized carbons (Fsp3) is 0.353. The van der Waals surface area contributed by atoms with E-state index in [0.717, 1.165) is 23.4 Å². The topological polar surface area (TPSA) is 77.5 Å². The number of carbonyl (C=O) groups excluding carboxylic acids is 2. The summed E-state index contributed by atoms with van der Waals surface area (Å²) in [7, 11) is 1.61. The highest BCUT2D eigenvalue weighted by atomic mass is 32.1. The Bertz CT molecular complexity index is 741. The molecule has 24 heavy (non-hydrogen) atoms. The minimum Gasteiger partial charge on any atom is -0.497 e. The third-order valence-corrected chi connectivity index (χ3v) is 4.65. The summed E-state index contributed by atoms with van der Waals surface area (Å²) in [5.41, 5.74) is 1.70. The zero-order chi connectivity index (χ0) is 17.1. The zero-order valence-electron chi connectivity index (χ0n) is 13.4. The number of hydrogen-bond acceptors (Lipinski definition) is 6. The molecule has 1 aliphatic rings. The maximum absolute atomic E-state index is 11.8. The van der Waals surface area contributed by atoms with Gasteiger partial charge in [0.2, 0.25) is 0 Å². The number of ether oxygens (including phenoxy) is 2. The quantitative estimate of drug-likeness (QED) is 0.814. The average Bonchev–Trinajstić information content (AvgIpc) is 3.15. The van der Waals surface area contributed by atoms with Crippen molar-refractivity contribution < 1.29 is 19.1 Å². The minimum absolute atomic E-state index is 0.0423. The molecule has 0 radical (unpaired) electrons. The SMILES string of the molecule is COc1ccc(-c2csc(NC(=O)COC(=O)[C@@H]3C[C@@H]3C)n2)cc1. The fourth-order valence-electron chi connectivity index (χ4n) is 2.28. The van der Waals surface area contributed by atoms with Crippen molar-refractivity contribution in [1.82, 2.24) is 4.98 Å². The molecule has 126 valence electrons. The number of hydrogen-bond donors (Lipinski definition) is 1. The van der Waals surface area contributed by atoms with Crippen LogP contribution in [0.3, 0.4) is 0 Å². The molecule has 7 heteroatoms. The zero-order valence-corrected chi connectivity index (χ0v) is 14.3. The van der Waals surface area contributed by atoms with Gasteiger partial charge in [-0.25, -0.2) is 4.98 Å². The molecule has 1 amide bonds. The second-order valence-corrected chi connectivity index (χ2v) is 6.60. The van der Waals surface area contributed by atoms with Crippen LogP contribution in [0.4, 0.5) is 5.13 Å². The molecule has 1 aromatic heterocycles. The van der Waals surface area contributed by atoms with E-state index in [9.17, 15) is 9.59 Å². The van der Waals surface area contributed by atoms with Crippen molar-refractivity contribution in [1.29, 1.82) is 0 Å². The molecule has 1 N–H and O–H groups in total. The van der Waals surface area contributed by atoms with Crippen LogP contribution in [0.25, 0.3) is 11.3 Å². The Morgan fingerprint density at radius 3 is 2.67 bits per heavy atom. The molecule has 1 aliphatic carbocycles. The number of esters is 1. The van der Waals surface area contributed by atoms with Gasteiger partial charge in [0.15, 0.2) is 11.7 Å². The molecule has 0 spiro atoms. The number of methoxy groups -OCH3 is 1. The minimum atomic E-state index is -0.382. The van der Waals surface area contributed by atoms with Gasteiger partial charge in [-0.05, 0) is 36.6 Å². The second-order valence-electron chi connectivity index (χ2n) is 5.74. The number of rotatable bonds is 6. The first-order valence-electron chi connectivity index (χ1n) is 7.63. The van der Waals surface area contributed by atoms with Crippen LogP contribution in [-0.4, -0.2) is 30.6 Å². The van der Waals surface area contributed by atoms with Gasteiger partial charge in [0.05, 0.1) is 18.7 Å². The highest BCUT2D eigenvalue weighted by Crippen LogP contribution is 2.38. The lowest BCUT2D eigenvalue weighted by atomic mass is 10.2. The van der Waals surface area contributed by atoms with Gasteiger partial charge < -0.3 is 9.47 Å². The molecule has 1 fully saturated rings. The van der Waals surface area contributed by atoms with Gasteiger partial charge in [0.1, 0.15) is 5.75 Å². The third kappa shape index (κ3) is 3.91. The summed E-state index contributed by atoms with van der Waals surface area (Å²) in [5, 5.41) is 4.98. The Kier molecular flexibility index (Phi) is 4.80. The maximum Gasteiger partial charge on any atom is 0.309 e. The summed E-state index contributed by atoms with van der Waals surface area (Å²) < 4.78 is 10.1. The molecule has 2 aromatic rings. The van der Waals surface area contributed by atoms with Crippen molar-refractivity contribution in [2.24, 2.45) is 11.8 Å². The molecular formula is C17H18N2O4S. The van der Waals surface area contributed by atoms with Crippen LogP contribution in [0.15, 0.2) is 29.6 Å². The summed E-state index contributed by atoms with van der Waals surface area (Å²) >= 11 is 1.32. The van der Waals surface area contributed by atoms with E-state index in [2.05, 4.69) is 10.3 Å². The van der Waals surface area contributed by atoms with Gasteiger partial charge in [-0.1, -0.05) is 6.92 Å². The van der Waals surface area contributed by atoms with Crippen LogP contribution >= 0.6 is 11.3 Å². The number of aromatic nitrogens is 1. The van der Waals surface area contributed by atoms with Crippen LogP contribution in [0.1, 0.15) is 13.3 Å². The molecule has 0 aliphatic heterocycles. The molecule has 0 unspecified atom stereocenters. The first-order chi connectivity index (χ1) is 11.6. The van der Waals surface area contributed by atoms with Crippen LogP contribution in [0, 0.1) is 11.8 Å². The Balaban J connectivity index is 1.53. The number of amides is 1. The van der Waals surface area contributed by atoms with E-state index in [4.69, 9.17) is 9.47 Å². The smallest absolute Gasteiger partial charge is 0.309 e. The van der Waals surface area contributed by atoms with Crippen LogP contribution < -0.4 is 10.1 Å². The Labute approximate surface area is 143 Å². The first-order valence-corrected chi connectivity index (χ1v) is 8.51. The van der Waals surface area contributed by atoms with Crippen molar-refractivity contribution in [2.45, 2.75) is 13.3 Å². The summed E-state index contributed by atoms with van der Waals surface area (Å²) in [4.78, 5) is 27.8. The number of nitrogens with zero attached hydrogens (tertiary/aromatic N) is 1. The van der Waals surface area contributed by atoms with E-state index in [1.807, 2.05) is 36.6 Å². The lowest BCUT2D eigenvalue weighted by Gasteiger charge is -2.04. The van der Waals surface area contributed by atoms with E-state index in [1.165, 1.54) is 11.3 Å². The molecule has 1 aromatic carbocycles.